The number of rotatable bonds is 6. The second kappa shape index (κ2) is 7.70. The highest BCUT2D eigenvalue weighted by atomic mass is 79.9. The summed E-state index contributed by atoms with van der Waals surface area (Å²) in [7, 11) is 0. The minimum atomic E-state index is 0.456. The molecule has 0 saturated heterocycles. The van der Waals surface area contributed by atoms with Gasteiger partial charge in [0.1, 0.15) is 0 Å². The second-order valence-corrected chi connectivity index (χ2v) is 4.54. The van der Waals surface area contributed by atoms with Crippen molar-refractivity contribution in [2.45, 2.75) is 27.2 Å². The van der Waals surface area contributed by atoms with Gasteiger partial charge in [-0.1, -0.05) is 64.0 Å². The lowest BCUT2D eigenvalue weighted by molar-refractivity contribution is 0.724. The van der Waals surface area contributed by atoms with Crippen LogP contribution in [-0.2, 0) is 0 Å². The van der Waals surface area contributed by atoms with E-state index in [2.05, 4.69) is 62.0 Å². The van der Waals surface area contributed by atoms with Crippen molar-refractivity contribution in [2.24, 2.45) is 5.92 Å². The third kappa shape index (κ3) is 5.78. The second-order valence-electron chi connectivity index (χ2n) is 3.89. The molecule has 0 spiro atoms. The van der Waals surface area contributed by atoms with E-state index in [1.54, 1.807) is 0 Å². The van der Waals surface area contributed by atoms with Crippen LogP contribution < -0.4 is 0 Å². The Morgan fingerprint density at radius 3 is 2.27 bits per heavy atom. The van der Waals surface area contributed by atoms with Gasteiger partial charge in [0.25, 0.3) is 0 Å². The summed E-state index contributed by atoms with van der Waals surface area (Å²) in [5.74, 6) is 0.456. The lowest BCUT2D eigenvalue weighted by atomic mass is 9.90. The molecule has 0 aromatic carbocycles. The van der Waals surface area contributed by atoms with Crippen molar-refractivity contribution in [1.29, 1.82) is 0 Å². The molecule has 0 saturated carbocycles. The summed E-state index contributed by atoms with van der Waals surface area (Å²) >= 11 is 3.42. The van der Waals surface area contributed by atoms with Crippen molar-refractivity contribution in [3.8, 4) is 0 Å². The molecule has 0 aromatic rings. The smallest absolute Gasteiger partial charge is 0.0214 e. The minimum absolute atomic E-state index is 0.456. The van der Waals surface area contributed by atoms with E-state index in [9.17, 15) is 0 Å². The van der Waals surface area contributed by atoms with Crippen molar-refractivity contribution in [3.63, 3.8) is 0 Å². The summed E-state index contributed by atoms with van der Waals surface area (Å²) in [6.07, 6.45) is 7.33. The van der Waals surface area contributed by atoms with Crippen molar-refractivity contribution in [3.05, 3.63) is 48.1 Å². The van der Waals surface area contributed by atoms with Crippen molar-refractivity contribution < 1.29 is 0 Å². The fraction of sp³-hybridized carbons (Fsp3) is 0.429. The largest absolute Gasteiger partial charge is 0.0995 e. The number of halogens is 1. The fourth-order valence-electron chi connectivity index (χ4n) is 1.43. The summed E-state index contributed by atoms with van der Waals surface area (Å²) in [5, 5.41) is 0.909. The number of alkyl halides is 1. The molecule has 0 amide bonds. The molecule has 0 aromatic heterocycles. The van der Waals surface area contributed by atoms with Gasteiger partial charge in [0.2, 0.25) is 0 Å². The Kier molecular flexibility index (Phi) is 7.41. The number of allylic oxidation sites excluding steroid dienone is 6. The van der Waals surface area contributed by atoms with Crippen LogP contribution in [0.5, 0.6) is 0 Å². The van der Waals surface area contributed by atoms with Crippen LogP contribution >= 0.6 is 15.9 Å². The third-order valence-electron chi connectivity index (χ3n) is 2.54. The van der Waals surface area contributed by atoms with E-state index in [4.69, 9.17) is 0 Å². The molecule has 0 rings (SSSR count). The molecule has 1 unspecified atom stereocenters. The van der Waals surface area contributed by atoms with Gasteiger partial charge in [-0.15, -0.1) is 0 Å². The van der Waals surface area contributed by atoms with Gasteiger partial charge in [-0.3, -0.25) is 0 Å². The summed E-state index contributed by atoms with van der Waals surface area (Å²) in [5.41, 5.74) is 3.83. The first-order valence-electron chi connectivity index (χ1n) is 5.20. The van der Waals surface area contributed by atoms with Crippen LogP contribution in [0, 0.1) is 5.92 Å². The van der Waals surface area contributed by atoms with Gasteiger partial charge in [0, 0.05) is 11.2 Å². The average Bonchev–Trinajstić information content (AvgIpc) is 2.17. The first-order chi connectivity index (χ1) is 7.02. The van der Waals surface area contributed by atoms with Crippen LogP contribution in [-0.4, -0.2) is 5.33 Å². The zero-order valence-corrected chi connectivity index (χ0v) is 11.6. The predicted molar refractivity (Wildman–Crippen MR) is 74.4 cm³/mol. The molecular formula is C14H21Br. The van der Waals surface area contributed by atoms with Gasteiger partial charge in [0.05, 0.1) is 0 Å². The van der Waals surface area contributed by atoms with Crippen molar-refractivity contribution in [1.82, 2.24) is 0 Å². The SMILES string of the molecule is C=CC(C)=CCC(C(=C)C)C(C)=CCBr. The summed E-state index contributed by atoms with van der Waals surface area (Å²) in [4.78, 5) is 0. The number of hydrogen-bond acceptors (Lipinski definition) is 0. The Hall–Kier alpha value is -0.560. The summed E-state index contributed by atoms with van der Waals surface area (Å²) < 4.78 is 0. The molecule has 0 bridgehead atoms. The minimum Gasteiger partial charge on any atom is -0.0995 e. The third-order valence-corrected chi connectivity index (χ3v) is 2.86. The first-order valence-corrected chi connectivity index (χ1v) is 6.32. The monoisotopic (exact) mass is 268 g/mol. The van der Waals surface area contributed by atoms with E-state index in [0.29, 0.717) is 5.92 Å². The normalized spacial score (nSPS) is 14.9. The molecule has 1 atom stereocenters. The lowest BCUT2D eigenvalue weighted by Gasteiger charge is -2.16. The van der Waals surface area contributed by atoms with Crippen LogP contribution in [0.2, 0.25) is 0 Å². The Morgan fingerprint density at radius 2 is 1.87 bits per heavy atom. The zero-order valence-electron chi connectivity index (χ0n) is 10.0. The molecule has 1 heteroatoms. The highest BCUT2D eigenvalue weighted by Gasteiger charge is 2.09. The van der Waals surface area contributed by atoms with Crippen molar-refractivity contribution >= 4 is 15.9 Å². The highest BCUT2D eigenvalue weighted by Crippen LogP contribution is 2.23. The van der Waals surface area contributed by atoms with Crippen LogP contribution in [0.3, 0.4) is 0 Å². The molecule has 0 heterocycles. The quantitative estimate of drug-likeness (QED) is 0.360. The van der Waals surface area contributed by atoms with Crippen LogP contribution in [0.1, 0.15) is 27.2 Å². The van der Waals surface area contributed by atoms with Gasteiger partial charge in [-0.2, -0.15) is 0 Å². The van der Waals surface area contributed by atoms with E-state index in [0.717, 1.165) is 11.8 Å². The van der Waals surface area contributed by atoms with Crippen molar-refractivity contribution in [2.75, 3.05) is 5.33 Å². The lowest BCUT2D eigenvalue weighted by Crippen LogP contribution is -2.02. The molecule has 0 aliphatic heterocycles. The molecule has 0 nitrogen and oxygen atoms in total. The number of hydrogen-bond donors (Lipinski definition) is 0. The molecule has 84 valence electrons. The van der Waals surface area contributed by atoms with E-state index in [1.807, 2.05) is 6.08 Å². The van der Waals surface area contributed by atoms with Gasteiger partial charge in [-0.05, 0) is 27.2 Å². The molecule has 0 radical (unpaired) electrons. The Labute approximate surface area is 103 Å². The topological polar surface area (TPSA) is 0 Å². The fourth-order valence-corrected chi connectivity index (χ4v) is 1.94. The Bertz CT molecular complexity index is 282. The van der Waals surface area contributed by atoms with Gasteiger partial charge < -0.3 is 0 Å². The molecule has 0 fully saturated rings. The van der Waals surface area contributed by atoms with E-state index in [1.165, 1.54) is 16.7 Å². The van der Waals surface area contributed by atoms with Crippen LogP contribution in [0.15, 0.2) is 48.1 Å². The molecular weight excluding hydrogens is 248 g/mol. The van der Waals surface area contributed by atoms with Gasteiger partial charge in [0.15, 0.2) is 0 Å². The van der Waals surface area contributed by atoms with E-state index in [-0.39, 0.29) is 0 Å². The Balaban J connectivity index is 4.63. The summed E-state index contributed by atoms with van der Waals surface area (Å²) in [6, 6.07) is 0. The van der Waals surface area contributed by atoms with Gasteiger partial charge in [-0.25, -0.2) is 0 Å². The molecule has 0 aliphatic carbocycles. The Morgan fingerprint density at radius 1 is 1.27 bits per heavy atom. The maximum atomic E-state index is 4.05. The van der Waals surface area contributed by atoms with E-state index < -0.39 is 0 Å². The van der Waals surface area contributed by atoms with Crippen LogP contribution in [0.25, 0.3) is 0 Å². The molecule has 15 heavy (non-hydrogen) atoms. The summed E-state index contributed by atoms with van der Waals surface area (Å²) in [6.45, 7) is 14.1. The standard InChI is InChI=1S/C14H21Br/c1-6-12(4)7-8-14(11(2)3)13(5)9-10-15/h6-7,9,14H,1-2,8,10H2,3-5H3. The maximum Gasteiger partial charge on any atom is 0.0214 e. The molecule has 0 N–H and O–H groups in total. The van der Waals surface area contributed by atoms with Crippen LogP contribution in [0.4, 0.5) is 0 Å². The first kappa shape index (κ1) is 14.4. The highest BCUT2D eigenvalue weighted by molar-refractivity contribution is 9.09. The molecule has 0 aliphatic rings. The maximum absolute atomic E-state index is 4.05. The van der Waals surface area contributed by atoms with E-state index >= 15 is 0 Å². The van der Waals surface area contributed by atoms with Gasteiger partial charge >= 0.3 is 0 Å². The predicted octanol–water partition coefficient (Wildman–Crippen LogP) is 5.04. The average molecular weight is 269 g/mol. The zero-order chi connectivity index (χ0) is 11.8.